The molecule has 32 heavy (non-hydrogen) atoms. The van der Waals surface area contributed by atoms with Crippen LogP contribution in [0.2, 0.25) is 5.02 Å². The number of rotatable bonds is 9. The Morgan fingerprint density at radius 3 is 2.56 bits per heavy atom. The molecule has 168 valence electrons. The molecule has 0 radical (unpaired) electrons. The number of carbonyl (C=O) groups is 2. The van der Waals surface area contributed by atoms with E-state index in [0.717, 1.165) is 18.5 Å². The maximum absolute atomic E-state index is 13.2. The van der Waals surface area contributed by atoms with E-state index in [0.29, 0.717) is 34.7 Å². The second-order valence-corrected chi connectivity index (χ2v) is 8.18. The van der Waals surface area contributed by atoms with Crippen molar-refractivity contribution < 1.29 is 14.3 Å². The summed E-state index contributed by atoms with van der Waals surface area (Å²) >= 11 is 11.5. The Morgan fingerprint density at radius 1 is 1.25 bits per heavy atom. The van der Waals surface area contributed by atoms with E-state index in [2.05, 4.69) is 18.8 Å². The van der Waals surface area contributed by atoms with Crippen molar-refractivity contribution in [2.45, 2.75) is 32.2 Å². The van der Waals surface area contributed by atoms with E-state index < -0.39 is 6.04 Å². The molecular weight excluding hydrogens is 446 g/mol. The van der Waals surface area contributed by atoms with Crippen LogP contribution in [0.3, 0.4) is 0 Å². The molecule has 0 aromatic heterocycles. The van der Waals surface area contributed by atoms with E-state index in [-0.39, 0.29) is 18.2 Å². The van der Waals surface area contributed by atoms with Gasteiger partial charge in [0.25, 0.3) is 5.91 Å². The lowest BCUT2D eigenvalue weighted by Gasteiger charge is -2.29. The summed E-state index contributed by atoms with van der Waals surface area (Å²) in [6, 6.07) is 13.3. The van der Waals surface area contributed by atoms with E-state index in [1.165, 1.54) is 4.90 Å². The monoisotopic (exact) mass is 471 g/mol. The summed E-state index contributed by atoms with van der Waals surface area (Å²) in [7, 11) is 0. The van der Waals surface area contributed by atoms with Crippen LogP contribution in [0.4, 0.5) is 11.4 Å². The minimum Gasteiger partial charge on any atom is -0.494 e. The summed E-state index contributed by atoms with van der Waals surface area (Å²) < 4.78 is 5.66. The minimum absolute atomic E-state index is 0.0316. The largest absolute Gasteiger partial charge is 0.494 e. The SMILES string of the molecule is C=CCN(C(=S)Nc1ccc(Cl)cc1)[C@H]1CC(=O)N(c2ccc(OCCCC)cc2)C1=O. The summed E-state index contributed by atoms with van der Waals surface area (Å²) in [6.45, 7) is 6.81. The fraction of sp³-hybridized carbons (Fsp3) is 0.292. The average molecular weight is 472 g/mol. The molecule has 1 aliphatic heterocycles. The molecule has 2 amide bonds. The number of carbonyl (C=O) groups excluding carboxylic acids is 2. The Kier molecular flexibility index (Phi) is 8.25. The van der Waals surface area contributed by atoms with Gasteiger partial charge in [0.05, 0.1) is 18.7 Å². The van der Waals surface area contributed by atoms with Crippen molar-refractivity contribution in [3.63, 3.8) is 0 Å². The van der Waals surface area contributed by atoms with Gasteiger partial charge in [0.1, 0.15) is 11.8 Å². The van der Waals surface area contributed by atoms with Crippen molar-refractivity contribution in [3.8, 4) is 5.75 Å². The van der Waals surface area contributed by atoms with Crippen LogP contribution < -0.4 is 15.0 Å². The summed E-state index contributed by atoms with van der Waals surface area (Å²) in [4.78, 5) is 28.9. The topological polar surface area (TPSA) is 61.9 Å². The van der Waals surface area contributed by atoms with Crippen molar-refractivity contribution in [2.24, 2.45) is 0 Å². The molecule has 1 N–H and O–H groups in total. The molecule has 3 rings (SSSR count). The molecule has 0 unspecified atom stereocenters. The van der Waals surface area contributed by atoms with Gasteiger partial charge in [-0.3, -0.25) is 9.59 Å². The molecule has 6 nitrogen and oxygen atoms in total. The standard InChI is InChI=1S/C24H26ClN3O3S/c1-3-5-15-31-20-12-10-19(11-13-20)28-22(29)16-21(23(28)30)27(14-4-2)24(32)26-18-8-6-17(25)7-9-18/h4,6-13,21H,2-3,5,14-16H2,1H3,(H,26,32)/t21-/m0/s1. The van der Waals surface area contributed by atoms with Crippen molar-refractivity contribution in [1.29, 1.82) is 0 Å². The summed E-state index contributed by atoms with van der Waals surface area (Å²) in [5, 5.41) is 4.05. The van der Waals surface area contributed by atoms with Crippen LogP contribution in [0.1, 0.15) is 26.2 Å². The highest BCUT2D eigenvalue weighted by atomic mass is 35.5. The van der Waals surface area contributed by atoms with Crippen LogP contribution in [0.25, 0.3) is 0 Å². The van der Waals surface area contributed by atoms with Gasteiger partial charge in [-0.25, -0.2) is 4.90 Å². The second kappa shape index (κ2) is 11.1. The Bertz CT molecular complexity index is 979. The zero-order valence-corrected chi connectivity index (χ0v) is 19.5. The van der Waals surface area contributed by atoms with Gasteiger partial charge in [0.2, 0.25) is 5.91 Å². The predicted octanol–water partition coefficient (Wildman–Crippen LogP) is 5.04. The number of ether oxygens (including phenoxy) is 1. The lowest BCUT2D eigenvalue weighted by atomic mass is 10.2. The molecule has 2 aromatic carbocycles. The zero-order chi connectivity index (χ0) is 23.1. The number of halogens is 1. The number of unbranched alkanes of at least 4 members (excludes halogenated alkanes) is 1. The highest BCUT2D eigenvalue weighted by molar-refractivity contribution is 7.80. The van der Waals surface area contributed by atoms with Crippen LogP contribution in [0.15, 0.2) is 61.2 Å². The second-order valence-electron chi connectivity index (χ2n) is 7.36. The average Bonchev–Trinajstić information content (AvgIpc) is 3.08. The number of nitrogens with one attached hydrogen (secondary N) is 1. The molecule has 0 spiro atoms. The quantitative estimate of drug-likeness (QED) is 0.239. The van der Waals surface area contributed by atoms with Crippen LogP contribution in [-0.2, 0) is 9.59 Å². The van der Waals surface area contributed by atoms with Crippen molar-refractivity contribution in [3.05, 3.63) is 66.2 Å². The maximum atomic E-state index is 13.2. The van der Waals surface area contributed by atoms with Gasteiger partial charge in [0.15, 0.2) is 5.11 Å². The first kappa shape index (κ1) is 23.8. The number of hydrogen-bond donors (Lipinski definition) is 1. The van der Waals surface area contributed by atoms with Crippen LogP contribution in [0, 0.1) is 0 Å². The first-order valence-corrected chi connectivity index (χ1v) is 11.3. The Hall–Kier alpha value is -2.90. The zero-order valence-electron chi connectivity index (χ0n) is 17.9. The molecule has 0 bridgehead atoms. The van der Waals surface area contributed by atoms with E-state index in [4.69, 9.17) is 28.6 Å². The molecule has 1 atom stereocenters. The molecular formula is C24H26ClN3O3S. The molecule has 1 aliphatic rings. The number of thiocarbonyl (C=S) groups is 1. The molecule has 0 saturated carbocycles. The van der Waals surface area contributed by atoms with E-state index in [9.17, 15) is 9.59 Å². The first-order chi connectivity index (χ1) is 15.4. The fourth-order valence-corrected chi connectivity index (χ4v) is 3.82. The number of hydrogen-bond acceptors (Lipinski definition) is 4. The van der Waals surface area contributed by atoms with Crippen molar-refractivity contribution >= 4 is 52.1 Å². The van der Waals surface area contributed by atoms with E-state index >= 15 is 0 Å². The van der Waals surface area contributed by atoms with Gasteiger partial charge >= 0.3 is 0 Å². The Balaban J connectivity index is 1.73. The molecule has 1 heterocycles. The Labute approximate surface area is 198 Å². The van der Waals surface area contributed by atoms with Crippen LogP contribution in [0.5, 0.6) is 5.75 Å². The summed E-state index contributed by atoms with van der Waals surface area (Å²) in [6.07, 6.45) is 3.70. The fourth-order valence-electron chi connectivity index (χ4n) is 3.38. The number of anilines is 2. The summed E-state index contributed by atoms with van der Waals surface area (Å²) in [5.41, 5.74) is 1.25. The lowest BCUT2D eigenvalue weighted by molar-refractivity contribution is -0.122. The van der Waals surface area contributed by atoms with E-state index in [1.54, 1.807) is 59.5 Å². The molecule has 0 aliphatic carbocycles. The number of amides is 2. The van der Waals surface area contributed by atoms with Crippen LogP contribution >= 0.6 is 23.8 Å². The van der Waals surface area contributed by atoms with Gasteiger partial charge < -0.3 is 15.0 Å². The molecule has 1 saturated heterocycles. The lowest BCUT2D eigenvalue weighted by Crippen LogP contribution is -2.47. The third-order valence-corrected chi connectivity index (χ3v) is 5.63. The van der Waals surface area contributed by atoms with Gasteiger partial charge in [-0.1, -0.05) is 31.0 Å². The summed E-state index contributed by atoms with van der Waals surface area (Å²) in [5.74, 6) is 0.110. The van der Waals surface area contributed by atoms with E-state index in [1.807, 2.05) is 0 Å². The van der Waals surface area contributed by atoms with Gasteiger partial charge in [0, 0.05) is 17.3 Å². The Morgan fingerprint density at radius 2 is 1.94 bits per heavy atom. The highest BCUT2D eigenvalue weighted by Crippen LogP contribution is 2.28. The van der Waals surface area contributed by atoms with Gasteiger partial charge in [-0.15, -0.1) is 6.58 Å². The highest BCUT2D eigenvalue weighted by Gasteiger charge is 2.43. The molecule has 2 aromatic rings. The minimum atomic E-state index is -0.715. The molecule has 1 fully saturated rings. The van der Waals surface area contributed by atoms with Crippen molar-refractivity contribution in [1.82, 2.24) is 4.90 Å². The smallest absolute Gasteiger partial charge is 0.257 e. The van der Waals surface area contributed by atoms with Crippen molar-refractivity contribution in [2.75, 3.05) is 23.4 Å². The van der Waals surface area contributed by atoms with Crippen LogP contribution in [-0.4, -0.2) is 41.0 Å². The van der Waals surface area contributed by atoms with Gasteiger partial charge in [-0.05, 0) is 67.2 Å². The number of nitrogens with zero attached hydrogens (tertiary/aromatic N) is 2. The third kappa shape index (κ3) is 5.66. The number of benzene rings is 2. The first-order valence-electron chi connectivity index (χ1n) is 10.5. The maximum Gasteiger partial charge on any atom is 0.257 e. The number of imide groups is 1. The van der Waals surface area contributed by atoms with Gasteiger partial charge in [-0.2, -0.15) is 0 Å². The third-order valence-electron chi connectivity index (χ3n) is 5.04. The molecule has 8 heteroatoms. The normalized spacial score (nSPS) is 15.6. The predicted molar refractivity (Wildman–Crippen MR) is 132 cm³/mol.